The van der Waals surface area contributed by atoms with E-state index in [1.165, 1.54) is 28.8 Å². The highest BCUT2D eigenvalue weighted by Crippen LogP contribution is 2.38. The molecule has 1 aliphatic heterocycles. The fourth-order valence-corrected chi connectivity index (χ4v) is 4.41. The van der Waals surface area contributed by atoms with Crippen LogP contribution in [0.5, 0.6) is 0 Å². The van der Waals surface area contributed by atoms with Crippen LogP contribution < -0.4 is 10.3 Å². The summed E-state index contributed by atoms with van der Waals surface area (Å²) in [5.41, 5.74) is 3.44. The number of halogens is 2. The van der Waals surface area contributed by atoms with Gasteiger partial charge in [-0.05, 0) is 61.4 Å². The Morgan fingerprint density at radius 2 is 1.75 bits per heavy atom. The first-order valence-electron chi connectivity index (χ1n) is 9.94. The summed E-state index contributed by atoms with van der Waals surface area (Å²) in [4.78, 5) is 17.1. The topological polar surface area (TPSA) is 80.5 Å². The van der Waals surface area contributed by atoms with E-state index in [1.54, 1.807) is 38.4 Å². The Bertz CT molecular complexity index is 1370. The molecule has 2 unspecified atom stereocenters. The number of aliphatic imine (C=N–C) groups is 1. The molecule has 0 saturated heterocycles. The summed E-state index contributed by atoms with van der Waals surface area (Å²) in [6.07, 6.45) is 1.67. The highest BCUT2D eigenvalue weighted by atomic mass is 32.2. The highest BCUT2D eigenvalue weighted by Gasteiger charge is 2.26. The minimum atomic E-state index is -2.93. The lowest BCUT2D eigenvalue weighted by Crippen LogP contribution is -2.19. The molecule has 1 aromatic heterocycles. The molecule has 0 bridgehead atoms. The van der Waals surface area contributed by atoms with Crippen molar-refractivity contribution >= 4 is 16.6 Å². The van der Waals surface area contributed by atoms with Gasteiger partial charge >= 0.3 is 0 Å². The Balaban J connectivity index is 2.04. The van der Waals surface area contributed by atoms with Crippen molar-refractivity contribution < 1.29 is 17.2 Å². The molecule has 2 aromatic carbocycles. The molecular formula is C23H21F2N3O3S. The number of fused-ring (bicyclic) bond motifs is 3. The predicted molar refractivity (Wildman–Crippen MR) is 119 cm³/mol. The molecule has 2 atom stereocenters. The van der Waals surface area contributed by atoms with Gasteiger partial charge in [-0.1, -0.05) is 0 Å². The van der Waals surface area contributed by atoms with E-state index in [9.17, 15) is 17.6 Å². The first kappa shape index (κ1) is 22.0. The van der Waals surface area contributed by atoms with Crippen molar-refractivity contribution in [3.63, 3.8) is 0 Å². The van der Waals surface area contributed by atoms with Crippen molar-refractivity contribution in [3.05, 3.63) is 92.9 Å². The standard InChI is InChI=1S/C23H21F2N3O3S/c1-12-16-10-22(29)28(3)11-20(16)18-8-17(13(2)27-32(30)31)21(25)9-19(18)23(26-12)14-4-6-15(24)7-5-14/h4-13,32H,1-3H3,(H,27,30,31). The Kier molecular flexibility index (Phi) is 5.79. The van der Waals surface area contributed by atoms with Crippen molar-refractivity contribution in [2.75, 3.05) is 0 Å². The zero-order valence-electron chi connectivity index (χ0n) is 17.6. The van der Waals surface area contributed by atoms with E-state index in [2.05, 4.69) is 4.72 Å². The second kappa shape index (κ2) is 8.40. The summed E-state index contributed by atoms with van der Waals surface area (Å²) in [5, 5.41) is 0. The van der Waals surface area contributed by atoms with Crippen LogP contribution in [0.4, 0.5) is 8.78 Å². The van der Waals surface area contributed by atoms with Crippen LogP contribution in [-0.2, 0) is 17.9 Å². The molecule has 0 spiro atoms. The van der Waals surface area contributed by atoms with Gasteiger partial charge in [0.1, 0.15) is 11.6 Å². The first-order valence-corrected chi connectivity index (χ1v) is 11.1. The maximum absolute atomic E-state index is 15.2. The molecular weight excluding hydrogens is 436 g/mol. The fourth-order valence-electron chi connectivity index (χ4n) is 3.95. The molecule has 166 valence electrons. The minimum absolute atomic E-state index is 0.163. The second-order valence-electron chi connectivity index (χ2n) is 7.78. The number of hydrogen-bond acceptors (Lipinski definition) is 4. The lowest BCUT2D eigenvalue weighted by Gasteiger charge is -2.18. The highest BCUT2D eigenvalue weighted by molar-refractivity contribution is 7.70. The number of rotatable bonds is 4. The molecule has 0 aliphatic carbocycles. The summed E-state index contributed by atoms with van der Waals surface area (Å²) in [5.74, 6) is -1.01. The molecule has 9 heteroatoms. The molecule has 0 fully saturated rings. The van der Waals surface area contributed by atoms with Crippen molar-refractivity contribution in [2.24, 2.45) is 12.0 Å². The molecule has 0 amide bonds. The van der Waals surface area contributed by atoms with E-state index in [0.717, 1.165) is 0 Å². The second-order valence-corrected chi connectivity index (χ2v) is 8.55. The van der Waals surface area contributed by atoms with Crippen LogP contribution in [0.1, 0.15) is 48.2 Å². The maximum Gasteiger partial charge on any atom is 0.250 e. The third-order valence-corrected chi connectivity index (χ3v) is 6.20. The first-order chi connectivity index (χ1) is 15.2. The third-order valence-electron chi connectivity index (χ3n) is 5.60. The number of hydrogen-bond donors (Lipinski definition) is 2. The van der Waals surface area contributed by atoms with Gasteiger partial charge in [0.2, 0.25) is 10.9 Å². The molecule has 0 radical (unpaired) electrons. The van der Waals surface area contributed by atoms with Crippen molar-refractivity contribution in [3.8, 4) is 11.1 Å². The molecule has 32 heavy (non-hydrogen) atoms. The summed E-state index contributed by atoms with van der Waals surface area (Å²) in [7, 11) is -1.31. The number of aromatic nitrogens is 1. The Morgan fingerprint density at radius 1 is 1.06 bits per heavy atom. The predicted octanol–water partition coefficient (Wildman–Crippen LogP) is 3.42. The molecule has 3 aromatic rings. The van der Waals surface area contributed by atoms with E-state index in [0.29, 0.717) is 33.5 Å². The zero-order valence-corrected chi connectivity index (χ0v) is 18.5. The molecule has 6 nitrogen and oxygen atoms in total. The van der Waals surface area contributed by atoms with Gasteiger partial charge in [0, 0.05) is 47.6 Å². The summed E-state index contributed by atoms with van der Waals surface area (Å²) >= 11 is 0. The van der Waals surface area contributed by atoms with Gasteiger partial charge in [-0.15, -0.1) is 0 Å². The van der Waals surface area contributed by atoms with Gasteiger partial charge in [0.25, 0.3) is 5.56 Å². The average Bonchev–Trinajstić information content (AvgIpc) is 2.83. The Hall–Kier alpha value is -3.17. The van der Waals surface area contributed by atoms with Crippen molar-refractivity contribution in [2.45, 2.75) is 25.9 Å². The van der Waals surface area contributed by atoms with Crippen LogP contribution in [0.2, 0.25) is 0 Å². The summed E-state index contributed by atoms with van der Waals surface area (Å²) in [6.45, 7) is 3.38. The molecule has 0 saturated carbocycles. The van der Waals surface area contributed by atoms with Crippen LogP contribution >= 0.6 is 0 Å². The van der Waals surface area contributed by atoms with Gasteiger partial charge in [-0.25, -0.2) is 21.9 Å². The van der Waals surface area contributed by atoms with Gasteiger partial charge < -0.3 is 4.57 Å². The van der Waals surface area contributed by atoms with Crippen LogP contribution in [0.15, 0.2) is 58.4 Å². The number of nitrogens with one attached hydrogen (secondary N) is 1. The zero-order chi connectivity index (χ0) is 23.2. The van der Waals surface area contributed by atoms with E-state index in [-0.39, 0.29) is 11.1 Å². The van der Waals surface area contributed by atoms with Crippen LogP contribution in [0, 0.1) is 11.6 Å². The van der Waals surface area contributed by atoms with Gasteiger partial charge in [-0.3, -0.25) is 9.79 Å². The number of thiol groups is 1. The largest absolute Gasteiger partial charge is 0.318 e. The summed E-state index contributed by atoms with van der Waals surface area (Å²) in [6, 6.07) is 8.91. The SMILES string of the molecule is CC1N=C(c2ccc(F)cc2)c2cc(F)c(C(C)N[SH](=O)=O)cc2-c2cn(C)c(=O)cc21. The van der Waals surface area contributed by atoms with E-state index in [1.807, 2.05) is 6.92 Å². The molecule has 4 rings (SSSR count). The van der Waals surface area contributed by atoms with Crippen LogP contribution in [0.3, 0.4) is 0 Å². The van der Waals surface area contributed by atoms with E-state index < -0.39 is 34.6 Å². The van der Waals surface area contributed by atoms with Gasteiger partial charge in [-0.2, -0.15) is 0 Å². The maximum atomic E-state index is 15.2. The van der Waals surface area contributed by atoms with Gasteiger partial charge in [0.05, 0.1) is 11.8 Å². The quantitative estimate of drug-likeness (QED) is 0.589. The number of benzene rings is 2. The number of nitrogens with zero attached hydrogens (tertiary/aromatic N) is 2. The van der Waals surface area contributed by atoms with E-state index >= 15 is 4.39 Å². The molecule has 2 heterocycles. The van der Waals surface area contributed by atoms with Crippen LogP contribution in [-0.4, -0.2) is 18.7 Å². The van der Waals surface area contributed by atoms with Crippen molar-refractivity contribution in [1.29, 1.82) is 0 Å². The normalized spacial score (nSPS) is 16.2. The Morgan fingerprint density at radius 3 is 2.41 bits per heavy atom. The van der Waals surface area contributed by atoms with Crippen molar-refractivity contribution in [1.82, 2.24) is 9.29 Å². The summed E-state index contributed by atoms with van der Waals surface area (Å²) < 4.78 is 54.7. The fraction of sp³-hybridized carbons (Fsp3) is 0.217. The lowest BCUT2D eigenvalue weighted by atomic mass is 9.89. The molecule has 1 N–H and O–H groups in total. The third kappa shape index (κ3) is 4.01. The van der Waals surface area contributed by atoms with Crippen LogP contribution in [0.25, 0.3) is 11.1 Å². The lowest BCUT2D eigenvalue weighted by molar-refractivity contribution is 0.563. The minimum Gasteiger partial charge on any atom is -0.318 e. The average molecular weight is 458 g/mol. The monoisotopic (exact) mass is 457 g/mol. The Labute approximate surface area is 185 Å². The number of aryl methyl sites for hydroxylation is 1. The number of pyridine rings is 1. The smallest absolute Gasteiger partial charge is 0.250 e. The molecule has 1 aliphatic rings. The van der Waals surface area contributed by atoms with Gasteiger partial charge in [0.15, 0.2) is 0 Å². The van der Waals surface area contributed by atoms with E-state index in [4.69, 9.17) is 4.99 Å².